The Labute approximate surface area is 118 Å². The van der Waals surface area contributed by atoms with Crippen LogP contribution in [0.15, 0.2) is 41.2 Å². The first kappa shape index (κ1) is 13.9. The van der Waals surface area contributed by atoms with Crippen LogP contribution in [0.1, 0.15) is 36.6 Å². The molecule has 4 nitrogen and oxygen atoms in total. The lowest BCUT2D eigenvalue weighted by atomic mass is 10.1. The summed E-state index contributed by atoms with van der Waals surface area (Å²) in [6.07, 6.45) is 0. The van der Waals surface area contributed by atoms with Crippen LogP contribution in [0, 0.1) is 11.3 Å². The van der Waals surface area contributed by atoms with Crippen LogP contribution in [0.3, 0.4) is 0 Å². The maximum atomic E-state index is 12.3. The van der Waals surface area contributed by atoms with Gasteiger partial charge in [-0.2, -0.15) is 5.26 Å². The first-order valence-electron chi connectivity index (χ1n) is 6.51. The third-order valence-corrected chi connectivity index (χ3v) is 3.24. The molecule has 20 heavy (non-hydrogen) atoms. The Morgan fingerprint density at radius 3 is 2.40 bits per heavy atom. The lowest BCUT2D eigenvalue weighted by Crippen LogP contribution is -2.26. The highest BCUT2D eigenvalue weighted by Crippen LogP contribution is 2.15. The van der Waals surface area contributed by atoms with Crippen LogP contribution in [-0.4, -0.2) is 4.57 Å². The minimum atomic E-state index is -0.240. The van der Waals surface area contributed by atoms with Crippen molar-refractivity contribution in [2.45, 2.75) is 26.3 Å². The van der Waals surface area contributed by atoms with E-state index in [0.717, 1.165) is 11.3 Å². The molecule has 102 valence electrons. The van der Waals surface area contributed by atoms with Crippen molar-refractivity contribution in [3.8, 4) is 6.07 Å². The molecule has 0 bridgehead atoms. The molecule has 1 aromatic heterocycles. The second-order valence-corrected chi connectivity index (χ2v) is 5.07. The number of anilines is 1. The van der Waals surface area contributed by atoms with Gasteiger partial charge in [0, 0.05) is 11.4 Å². The zero-order valence-corrected chi connectivity index (χ0v) is 11.6. The molecule has 2 N–H and O–H groups in total. The van der Waals surface area contributed by atoms with Crippen LogP contribution in [-0.2, 0) is 6.54 Å². The normalized spacial score (nSPS) is 10.5. The van der Waals surface area contributed by atoms with E-state index in [1.54, 1.807) is 10.6 Å². The predicted molar refractivity (Wildman–Crippen MR) is 79.5 cm³/mol. The van der Waals surface area contributed by atoms with Crippen LogP contribution in [0.5, 0.6) is 0 Å². The van der Waals surface area contributed by atoms with Crippen molar-refractivity contribution < 1.29 is 0 Å². The topological polar surface area (TPSA) is 71.8 Å². The molecule has 0 amide bonds. The van der Waals surface area contributed by atoms with E-state index in [1.165, 1.54) is 0 Å². The number of benzene rings is 1. The largest absolute Gasteiger partial charge is 0.399 e. The van der Waals surface area contributed by atoms with Crippen molar-refractivity contribution in [3.63, 3.8) is 0 Å². The van der Waals surface area contributed by atoms with Crippen LogP contribution in [0.4, 0.5) is 5.69 Å². The fourth-order valence-corrected chi connectivity index (χ4v) is 2.15. The van der Waals surface area contributed by atoms with E-state index in [4.69, 9.17) is 11.0 Å². The standard InChI is InChI=1S/C16H17N3O/c1-11(2)15-8-5-13(9-17)16(20)19(15)10-12-3-6-14(18)7-4-12/h3-8,11H,10,18H2,1-2H3. The van der Waals surface area contributed by atoms with Gasteiger partial charge >= 0.3 is 0 Å². The van der Waals surface area contributed by atoms with Gasteiger partial charge in [0.25, 0.3) is 5.56 Å². The van der Waals surface area contributed by atoms with Gasteiger partial charge in [0.05, 0.1) is 6.54 Å². The number of aromatic nitrogens is 1. The Morgan fingerprint density at radius 1 is 1.20 bits per heavy atom. The number of hydrogen-bond donors (Lipinski definition) is 1. The summed E-state index contributed by atoms with van der Waals surface area (Å²) >= 11 is 0. The summed E-state index contributed by atoms with van der Waals surface area (Å²) < 4.78 is 1.66. The lowest BCUT2D eigenvalue weighted by Gasteiger charge is -2.16. The zero-order valence-electron chi connectivity index (χ0n) is 11.6. The van der Waals surface area contributed by atoms with Gasteiger partial charge in [-0.15, -0.1) is 0 Å². The highest BCUT2D eigenvalue weighted by molar-refractivity contribution is 5.39. The first-order chi connectivity index (χ1) is 9.52. The summed E-state index contributed by atoms with van der Waals surface area (Å²) in [6.45, 7) is 4.50. The number of rotatable bonds is 3. The van der Waals surface area contributed by atoms with Crippen molar-refractivity contribution in [3.05, 3.63) is 63.6 Å². The molecule has 0 saturated carbocycles. The molecule has 2 aromatic rings. The van der Waals surface area contributed by atoms with E-state index < -0.39 is 0 Å². The summed E-state index contributed by atoms with van der Waals surface area (Å²) in [5.41, 5.74) is 8.19. The quantitative estimate of drug-likeness (QED) is 0.868. The van der Waals surface area contributed by atoms with Crippen molar-refractivity contribution in [1.29, 1.82) is 5.26 Å². The smallest absolute Gasteiger partial charge is 0.268 e. The van der Waals surface area contributed by atoms with Crippen LogP contribution >= 0.6 is 0 Å². The molecule has 4 heteroatoms. The maximum Gasteiger partial charge on any atom is 0.268 e. The highest BCUT2D eigenvalue weighted by Gasteiger charge is 2.11. The van der Waals surface area contributed by atoms with E-state index in [0.29, 0.717) is 12.2 Å². The minimum Gasteiger partial charge on any atom is -0.399 e. The number of nitrogen functional groups attached to an aromatic ring is 1. The van der Waals surface area contributed by atoms with Crippen molar-refractivity contribution in [2.24, 2.45) is 0 Å². The van der Waals surface area contributed by atoms with E-state index in [1.807, 2.05) is 50.2 Å². The summed E-state index contributed by atoms with van der Waals surface area (Å²) in [5.74, 6) is 0.212. The Hall–Kier alpha value is -2.54. The minimum absolute atomic E-state index is 0.171. The molecule has 0 unspecified atom stereocenters. The predicted octanol–water partition coefficient (Wildman–Crippen LogP) is 2.47. The molecular weight excluding hydrogens is 250 g/mol. The maximum absolute atomic E-state index is 12.3. The second kappa shape index (κ2) is 5.62. The molecule has 0 aliphatic heterocycles. The monoisotopic (exact) mass is 267 g/mol. The Balaban J connectivity index is 2.51. The summed E-state index contributed by atoms with van der Waals surface area (Å²) in [7, 11) is 0. The molecule has 0 aliphatic carbocycles. The molecule has 0 spiro atoms. The molecule has 0 fully saturated rings. The van der Waals surface area contributed by atoms with Crippen LogP contribution in [0.25, 0.3) is 0 Å². The van der Waals surface area contributed by atoms with Gasteiger partial charge in [0.1, 0.15) is 11.6 Å². The number of nitriles is 1. The average Bonchev–Trinajstić information content (AvgIpc) is 2.43. The molecule has 0 radical (unpaired) electrons. The van der Waals surface area contributed by atoms with E-state index in [2.05, 4.69) is 0 Å². The Kier molecular flexibility index (Phi) is 3.90. The van der Waals surface area contributed by atoms with Gasteiger partial charge in [0.2, 0.25) is 0 Å². The van der Waals surface area contributed by atoms with Crippen molar-refractivity contribution >= 4 is 5.69 Å². The zero-order chi connectivity index (χ0) is 14.7. The van der Waals surface area contributed by atoms with Crippen LogP contribution in [0.2, 0.25) is 0 Å². The third kappa shape index (κ3) is 2.72. The van der Waals surface area contributed by atoms with Gasteiger partial charge in [-0.3, -0.25) is 4.79 Å². The van der Waals surface area contributed by atoms with E-state index >= 15 is 0 Å². The molecule has 0 saturated heterocycles. The van der Waals surface area contributed by atoms with Gasteiger partial charge in [-0.25, -0.2) is 0 Å². The number of nitrogens with two attached hydrogens (primary N) is 1. The van der Waals surface area contributed by atoms with Crippen molar-refractivity contribution in [2.75, 3.05) is 5.73 Å². The third-order valence-electron chi connectivity index (χ3n) is 3.24. The first-order valence-corrected chi connectivity index (χ1v) is 6.51. The fourth-order valence-electron chi connectivity index (χ4n) is 2.15. The second-order valence-electron chi connectivity index (χ2n) is 5.07. The lowest BCUT2D eigenvalue weighted by molar-refractivity contribution is 0.657. The molecule has 1 heterocycles. The van der Waals surface area contributed by atoms with E-state index in [-0.39, 0.29) is 17.0 Å². The Bertz CT molecular complexity index is 706. The number of pyridine rings is 1. The summed E-state index contributed by atoms with van der Waals surface area (Å²) in [4.78, 5) is 12.3. The van der Waals surface area contributed by atoms with Crippen LogP contribution < -0.4 is 11.3 Å². The Morgan fingerprint density at radius 2 is 1.85 bits per heavy atom. The summed E-state index contributed by atoms with van der Waals surface area (Å²) in [5, 5.41) is 8.99. The fraction of sp³-hybridized carbons (Fsp3) is 0.250. The number of hydrogen-bond acceptors (Lipinski definition) is 3. The van der Waals surface area contributed by atoms with Gasteiger partial charge in [-0.1, -0.05) is 26.0 Å². The SMILES string of the molecule is CC(C)c1ccc(C#N)c(=O)n1Cc1ccc(N)cc1. The molecule has 2 rings (SSSR count). The number of nitrogens with zero attached hydrogens (tertiary/aromatic N) is 2. The van der Waals surface area contributed by atoms with Gasteiger partial charge in [-0.05, 0) is 35.7 Å². The molecular formula is C16H17N3O. The molecule has 1 aromatic carbocycles. The average molecular weight is 267 g/mol. The highest BCUT2D eigenvalue weighted by atomic mass is 16.1. The summed E-state index contributed by atoms with van der Waals surface area (Å²) in [6, 6.07) is 12.8. The van der Waals surface area contributed by atoms with Gasteiger partial charge < -0.3 is 10.3 Å². The molecule has 0 atom stereocenters. The van der Waals surface area contributed by atoms with Gasteiger partial charge in [0.15, 0.2) is 0 Å². The van der Waals surface area contributed by atoms with E-state index in [9.17, 15) is 4.79 Å². The van der Waals surface area contributed by atoms with Crippen molar-refractivity contribution in [1.82, 2.24) is 4.57 Å². The molecule has 0 aliphatic rings.